The van der Waals surface area contributed by atoms with E-state index in [4.69, 9.17) is 18.9 Å². The average molecular weight is 1770 g/mol. The number of allylic oxidation sites excluding steroid dienone is 7. The van der Waals surface area contributed by atoms with E-state index in [-0.39, 0.29) is 22.3 Å². The van der Waals surface area contributed by atoms with Crippen LogP contribution < -0.4 is 65.1 Å². The van der Waals surface area contributed by atoms with Crippen molar-refractivity contribution in [3.8, 4) is 46.0 Å². The lowest BCUT2D eigenvalue weighted by Gasteiger charge is -2.29. The fraction of sp³-hybridized carbons (Fsp3) is 0.394. The zero-order valence-electron chi connectivity index (χ0n) is 78.8. The predicted molar refractivity (Wildman–Crippen MR) is 541 cm³/mol. The summed E-state index contributed by atoms with van der Waals surface area (Å²) in [6.07, 6.45) is 36.3. The molecule has 0 saturated carbocycles. The second kappa shape index (κ2) is 61.0. The van der Waals surface area contributed by atoms with Crippen LogP contribution in [0.5, 0.6) is 46.0 Å². The Morgan fingerprint density at radius 3 is 0.854 bits per heavy atom. The van der Waals surface area contributed by atoms with Gasteiger partial charge < -0.3 is 85.6 Å². The quantitative estimate of drug-likeness (QED) is 0.0172. The van der Waals surface area contributed by atoms with Crippen molar-refractivity contribution in [2.75, 3.05) is 126 Å². The first-order valence-electron chi connectivity index (χ1n) is 47.3. The van der Waals surface area contributed by atoms with E-state index in [1.807, 2.05) is 159 Å². The summed E-state index contributed by atoms with van der Waals surface area (Å²) in [6, 6.07) is 62.2. The number of nitrogens with zero attached hydrogens (tertiary/aromatic N) is 4. The number of carboxylic acids is 4. The number of ether oxygens (including phenoxy) is 4. The van der Waals surface area contributed by atoms with Gasteiger partial charge in [-0.15, -0.1) is 0 Å². The first kappa shape index (κ1) is 104. The van der Waals surface area contributed by atoms with Crippen molar-refractivity contribution in [2.24, 2.45) is 0 Å². The molecule has 0 bridgehead atoms. The number of aromatic carboxylic acids is 4. The van der Waals surface area contributed by atoms with E-state index in [1.54, 1.807) is 55.6 Å². The van der Waals surface area contributed by atoms with Gasteiger partial charge in [0.1, 0.15) is 23.0 Å². The molecule has 3 aliphatic rings. The van der Waals surface area contributed by atoms with Gasteiger partial charge in [0.15, 0.2) is 23.0 Å². The normalized spacial score (nSPS) is 11.8. The molecule has 0 spiro atoms. The molecule has 130 heavy (non-hydrogen) atoms. The highest BCUT2D eigenvalue weighted by Gasteiger charge is 2.27. The van der Waals surface area contributed by atoms with E-state index in [1.165, 1.54) is 31.5 Å². The first-order chi connectivity index (χ1) is 63.4. The van der Waals surface area contributed by atoms with Gasteiger partial charge >= 0.3 is 23.9 Å². The highest BCUT2D eigenvalue weighted by atomic mass is 16.5. The van der Waals surface area contributed by atoms with Gasteiger partial charge in [0.25, 0.3) is 0 Å². The molecule has 1 fully saturated rings. The molecule has 698 valence electrons. The number of unbranched alkanes of at least 4 members (excludes halogenated alkanes) is 8. The molecule has 21 nitrogen and oxygen atoms in total. The summed E-state index contributed by atoms with van der Waals surface area (Å²) in [5, 5.41) is 55.4. The van der Waals surface area contributed by atoms with Crippen LogP contribution in [0.3, 0.4) is 0 Å². The number of anilines is 8. The van der Waals surface area contributed by atoms with Crippen molar-refractivity contribution in [3.63, 3.8) is 0 Å². The standard InChI is InChI=1S/C28H34N2O3.C27H34N2O3.C23H32N2O3.C22H30N2O3.C5H6.C4H9N/c1-3-5-17-30(18-6-4-2)26-20-23(28(31)32)19-25(29-21-22-13-9-7-10-14-22)27(26)33-24-15-11-8-12-16-24;1-3-5-16-29(17-6-4-2)25-19-22(27(30)31)18-24(28-20-21-12-10-11-13-21)26(25)32-23-14-8-7-9-15-23;1-4-7-14-25(15-8-5-2)21-17-18(23(26)27)16-20(24-6-3)22(21)28-19-12-10-9-11-13-19;1-4-6-13-24(14-7-5-2)20-16-17(22(25)26)15-19(23-3)21(20)27-18-11-9-8-10-12-18;2*1-2-4-5-3-1/h7-16,19-20,29H,3-6,17-18,21H2,1-2H3,(H,31,32);7-12,14-15,18-19,28H,3-6,13,16-17,20H2,1-2H3,(H,30,31);9-13,16-17,24H,4-8,14-15H2,1-3H3,(H,26,27);8-12,15-16,23H,4-7,13-14H2,1-3H3,(H,25,26);1-4H,5H2;5H,1-4H2. The van der Waals surface area contributed by atoms with E-state index >= 15 is 0 Å². The molecule has 9 N–H and O–H groups in total. The monoisotopic (exact) mass is 1770 g/mol. The SMILES string of the molecule is C1=CCC=C1.C1CCNC1.CCCCN(CCCC)c1cc(C(=O)O)cc(NC)c1Oc1ccccc1.CCCCN(CCCC)c1cc(C(=O)O)cc(NCC)c1Oc1ccccc1.CCCCN(CCCC)c1cc(C(=O)O)cc(NCC2=CC=CC2)c1Oc1ccccc1.CCCCN(CCCC)c1cc(C(=O)O)cc(NCc2ccccc2)c1Oc1ccccc1. The summed E-state index contributed by atoms with van der Waals surface area (Å²) in [5.41, 5.74) is 9.47. The van der Waals surface area contributed by atoms with Gasteiger partial charge in [-0.25, -0.2) is 19.2 Å². The number of benzene rings is 9. The second-order valence-corrected chi connectivity index (χ2v) is 32.1. The van der Waals surface area contributed by atoms with E-state index in [2.05, 4.69) is 144 Å². The van der Waals surface area contributed by atoms with Gasteiger partial charge in [-0.1, -0.05) is 252 Å². The molecule has 12 rings (SSSR count). The molecule has 21 heteroatoms. The fourth-order valence-corrected chi connectivity index (χ4v) is 14.4. The zero-order chi connectivity index (χ0) is 93.3. The van der Waals surface area contributed by atoms with Gasteiger partial charge in [0, 0.05) is 79.0 Å². The van der Waals surface area contributed by atoms with Crippen LogP contribution in [0.1, 0.15) is 238 Å². The Morgan fingerprint density at radius 2 is 0.615 bits per heavy atom. The van der Waals surface area contributed by atoms with Crippen LogP contribution in [0.15, 0.2) is 248 Å². The average Bonchev–Trinajstić information content (AvgIpc) is 0.983. The fourth-order valence-electron chi connectivity index (χ4n) is 14.4. The van der Waals surface area contributed by atoms with Gasteiger partial charge in [0.05, 0.1) is 67.8 Å². The summed E-state index contributed by atoms with van der Waals surface area (Å²) in [4.78, 5) is 56.4. The zero-order valence-corrected chi connectivity index (χ0v) is 78.8. The Bertz CT molecular complexity index is 4840. The highest BCUT2D eigenvalue weighted by Crippen LogP contribution is 2.46. The number of rotatable bonds is 49. The smallest absolute Gasteiger partial charge is 0.335 e. The van der Waals surface area contributed by atoms with Crippen molar-refractivity contribution in [1.29, 1.82) is 0 Å². The van der Waals surface area contributed by atoms with E-state index in [0.29, 0.717) is 65.4 Å². The van der Waals surface area contributed by atoms with E-state index < -0.39 is 23.9 Å². The summed E-state index contributed by atoms with van der Waals surface area (Å²) >= 11 is 0. The van der Waals surface area contributed by atoms with E-state index in [0.717, 1.165) is 219 Å². The Morgan fingerprint density at radius 1 is 0.338 bits per heavy atom. The third-order valence-corrected chi connectivity index (χ3v) is 21.7. The third-order valence-electron chi connectivity index (χ3n) is 21.7. The largest absolute Gasteiger partial charge is 0.478 e. The number of carboxylic acid groups (broad SMARTS) is 4. The van der Waals surface area contributed by atoms with E-state index in [9.17, 15) is 39.6 Å². The van der Waals surface area contributed by atoms with Crippen molar-refractivity contribution < 1.29 is 58.6 Å². The molecule has 0 amide bonds. The maximum absolute atomic E-state index is 12.0. The molecule has 0 aromatic heterocycles. The van der Waals surface area contributed by atoms with Gasteiger partial charge in [-0.05, 0) is 205 Å². The molecule has 1 heterocycles. The lowest BCUT2D eigenvalue weighted by Crippen LogP contribution is -2.26. The first-order valence-corrected chi connectivity index (χ1v) is 47.3. The molecule has 0 radical (unpaired) electrons. The maximum atomic E-state index is 12.0. The molecule has 0 unspecified atom stereocenters. The van der Waals surface area contributed by atoms with Crippen LogP contribution in [-0.2, 0) is 6.54 Å². The van der Waals surface area contributed by atoms with Crippen molar-refractivity contribution in [3.05, 3.63) is 276 Å². The Balaban J connectivity index is 0.000000228. The van der Waals surface area contributed by atoms with Crippen molar-refractivity contribution in [1.82, 2.24) is 5.32 Å². The Hall–Kier alpha value is -12.6. The molecule has 0 atom stereocenters. The number of hydrogen-bond acceptors (Lipinski definition) is 17. The van der Waals surface area contributed by atoms with Crippen LogP contribution in [-0.4, -0.2) is 130 Å². The Labute approximate surface area is 774 Å². The predicted octanol–water partition coefficient (Wildman–Crippen LogP) is 27.6. The number of para-hydroxylation sites is 4. The lowest BCUT2D eigenvalue weighted by molar-refractivity contribution is 0.0686. The molecule has 1 saturated heterocycles. The van der Waals surface area contributed by atoms with Crippen LogP contribution in [0.25, 0.3) is 0 Å². The Kier molecular flexibility index (Phi) is 49.0. The summed E-state index contributed by atoms with van der Waals surface area (Å²) in [7, 11) is 1.78. The minimum absolute atomic E-state index is 0.249. The van der Waals surface area contributed by atoms with Crippen LogP contribution in [0.4, 0.5) is 45.5 Å². The molecule has 1 aliphatic heterocycles. The second-order valence-electron chi connectivity index (χ2n) is 32.1. The molecular formula is C109H145N9O12. The molecular weight excluding hydrogens is 1630 g/mol. The van der Waals surface area contributed by atoms with Crippen molar-refractivity contribution >= 4 is 69.4 Å². The van der Waals surface area contributed by atoms with Crippen molar-refractivity contribution in [2.45, 2.75) is 197 Å². The molecule has 9 aromatic carbocycles. The topological polar surface area (TPSA) is 259 Å². The minimum atomic E-state index is -0.948. The minimum Gasteiger partial charge on any atom is -0.478 e. The number of hydrogen-bond donors (Lipinski definition) is 9. The maximum Gasteiger partial charge on any atom is 0.335 e. The lowest BCUT2D eigenvalue weighted by atomic mass is 10.1. The van der Waals surface area contributed by atoms with Crippen LogP contribution >= 0.6 is 0 Å². The van der Waals surface area contributed by atoms with Gasteiger partial charge in [0.2, 0.25) is 0 Å². The highest BCUT2D eigenvalue weighted by molar-refractivity contribution is 5.96. The molecule has 9 aromatic rings. The van der Waals surface area contributed by atoms with Gasteiger partial charge in [-0.2, -0.15) is 0 Å². The van der Waals surface area contributed by atoms with Crippen LogP contribution in [0.2, 0.25) is 0 Å². The summed E-state index contributed by atoms with van der Waals surface area (Å²) in [5.74, 6) is 1.84. The number of nitrogens with one attached hydrogen (secondary N) is 5. The summed E-state index contributed by atoms with van der Waals surface area (Å²) in [6.45, 7) is 30.6. The molecule has 2 aliphatic carbocycles. The van der Waals surface area contributed by atoms with Crippen LogP contribution in [0, 0.1) is 0 Å². The van der Waals surface area contributed by atoms with Gasteiger partial charge in [-0.3, -0.25) is 0 Å². The third kappa shape index (κ3) is 36.5. The summed E-state index contributed by atoms with van der Waals surface area (Å²) < 4.78 is 25.3. The number of carbonyl (C=O) groups is 4.